The number of ether oxygens (including phenoxy) is 2. The largest absolute Gasteiger partial charge is 0.473 e. The molecule has 266 valence electrons. The number of aromatic nitrogens is 3. The van der Waals surface area contributed by atoms with E-state index in [9.17, 15) is 14.0 Å². The fourth-order valence-electron chi connectivity index (χ4n) is 7.44. The number of halogens is 1. The number of rotatable bonds is 10. The van der Waals surface area contributed by atoms with Crippen molar-refractivity contribution in [3.8, 4) is 11.9 Å². The van der Waals surface area contributed by atoms with Gasteiger partial charge in [0.25, 0.3) is 5.91 Å². The maximum atomic E-state index is 14.4. The van der Waals surface area contributed by atoms with E-state index in [4.69, 9.17) is 24.7 Å². The van der Waals surface area contributed by atoms with Crippen molar-refractivity contribution >= 4 is 39.8 Å². The number of fused-ring (bicyclic) bond motifs is 3. The molecule has 4 aliphatic rings. The Hall–Kier alpha value is -5.90. The lowest BCUT2D eigenvalue weighted by molar-refractivity contribution is -0.117. The van der Waals surface area contributed by atoms with Crippen LogP contribution in [0.2, 0.25) is 0 Å². The van der Waals surface area contributed by atoms with E-state index in [1.807, 2.05) is 48.5 Å². The molecule has 5 aromatic rings. The second-order valence-corrected chi connectivity index (χ2v) is 14.2. The van der Waals surface area contributed by atoms with E-state index in [0.29, 0.717) is 42.3 Å². The van der Waals surface area contributed by atoms with Crippen molar-refractivity contribution in [2.24, 2.45) is 0 Å². The number of carbonyl (C=O) groups is 2. The highest BCUT2D eigenvalue weighted by Gasteiger charge is 2.56. The predicted octanol–water partition coefficient (Wildman–Crippen LogP) is 6.34. The zero-order chi connectivity index (χ0) is 36.1. The van der Waals surface area contributed by atoms with Gasteiger partial charge in [0.1, 0.15) is 18.2 Å². The van der Waals surface area contributed by atoms with Crippen LogP contribution in [-0.2, 0) is 34.6 Å². The molecule has 53 heavy (non-hydrogen) atoms. The highest BCUT2D eigenvalue weighted by atomic mass is 19.1. The fraction of sp³-hybridized carbons (Fsp3) is 0.293. The van der Waals surface area contributed by atoms with E-state index in [-0.39, 0.29) is 30.1 Å². The van der Waals surface area contributed by atoms with Crippen LogP contribution < -0.4 is 15.4 Å². The minimum absolute atomic E-state index is 0.0118. The highest BCUT2D eigenvalue weighted by Crippen LogP contribution is 2.55. The summed E-state index contributed by atoms with van der Waals surface area (Å²) in [5.41, 5.74) is 6.78. The molecule has 0 unspecified atom stereocenters. The van der Waals surface area contributed by atoms with Gasteiger partial charge in [-0.3, -0.25) is 14.5 Å². The molecule has 12 heteroatoms. The average Bonchev–Trinajstić information content (AvgIpc) is 3.83. The van der Waals surface area contributed by atoms with E-state index >= 15 is 0 Å². The monoisotopic (exact) mass is 709 g/mol. The molecule has 1 spiro atoms. The summed E-state index contributed by atoms with van der Waals surface area (Å²) in [6, 6.07) is 23.1. The Morgan fingerprint density at radius 2 is 2.00 bits per heavy atom. The highest BCUT2D eigenvalue weighted by molar-refractivity contribution is 6.11. The first-order valence-electron chi connectivity index (χ1n) is 17.9. The van der Waals surface area contributed by atoms with Crippen LogP contribution in [0.1, 0.15) is 64.2 Å². The number of hydrogen-bond acceptors (Lipinski definition) is 8. The van der Waals surface area contributed by atoms with Gasteiger partial charge in [0.05, 0.1) is 53.0 Å². The Labute approximate surface area is 305 Å². The number of amides is 2. The molecule has 1 saturated carbocycles. The summed E-state index contributed by atoms with van der Waals surface area (Å²) < 4.78 is 28.2. The summed E-state index contributed by atoms with van der Waals surface area (Å²) in [6.45, 7) is 3.65. The number of imidazole rings is 1. The van der Waals surface area contributed by atoms with Crippen LogP contribution in [0.15, 0.2) is 78.9 Å². The summed E-state index contributed by atoms with van der Waals surface area (Å²) >= 11 is 0. The molecular weight excluding hydrogens is 673 g/mol. The molecule has 1 aliphatic carbocycles. The second kappa shape index (κ2) is 13.3. The van der Waals surface area contributed by atoms with Gasteiger partial charge in [-0.1, -0.05) is 18.2 Å². The van der Waals surface area contributed by atoms with Crippen molar-refractivity contribution < 1.29 is 23.5 Å². The van der Waals surface area contributed by atoms with Crippen LogP contribution in [0.25, 0.3) is 16.6 Å². The summed E-state index contributed by atoms with van der Waals surface area (Å²) in [7, 11) is 0. The van der Waals surface area contributed by atoms with E-state index in [1.165, 1.54) is 6.07 Å². The summed E-state index contributed by atoms with van der Waals surface area (Å²) in [5, 5.41) is 15.0. The summed E-state index contributed by atoms with van der Waals surface area (Å²) in [6.07, 6.45) is 5.74. The third-order valence-electron chi connectivity index (χ3n) is 10.8. The minimum atomic E-state index is -0.480. The molecule has 0 radical (unpaired) electrons. The van der Waals surface area contributed by atoms with Crippen LogP contribution >= 0.6 is 0 Å². The van der Waals surface area contributed by atoms with Gasteiger partial charge in [-0.2, -0.15) is 5.26 Å². The molecular formula is C41H36FN7O4. The fourth-order valence-corrected chi connectivity index (χ4v) is 7.44. The number of anilines is 2. The van der Waals surface area contributed by atoms with E-state index in [1.54, 1.807) is 24.3 Å². The molecule has 9 rings (SSSR count). The van der Waals surface area contributed by atoms with Crippen LogP contribution in [0, 0.1) is 17.1 Å². The lowest BCUT2D eigenvalue weighted by atomic mass is 9.96. The number of nitrogens with zero attached hydrogens (tertiary/aromatic N) is 5. The molecule has 2 fully saturated rings. The van der Waals surface area contributed by atoms with Crippen molar-refractivity contribution in [2.45, 2.75) is 56.9 Å². The third-order valence-corrected chi connectivity index (χ3v) is 10.8. The van der Waals surface area contributed by atoms with Crippen LogP contribution in [-0.4, -0.2) is 57.0 Å². The molecule has 1 saturated heterocycles. The van der Waals surface area contributed by atoms with Gasteiger partial charge in [0, 0.05) is 48.3 Å². The van der Waals surface area contributed by atoms with Crippen molar-refractivity contribution in [2.75, 3.05) is 30.3 Å². The SMILES string of the molecule is N#Cc1ccc(COc2cccc(C3=CCN(Cc4nc5cc(NC(=O)c6ccc7c(c6)C6(CC6)C(=O)N7)ccc5n4C[C@@H]4CCO4)CC3)n2)c(F)c1. The van der Waals surface area contributed by atoms with Gasteiger partial charge in [-0.25, -0.2) is 14.4 Å². The normalized spacial score (nSPS) is 18.5. The van der Waals surface area contributed by atoms with Crippen molar-refractivity contribution in [1.82, 2.24) is 19.4 Å². The second-order valence-electron chi connectivity index (χ2n) is 14.2. The number of benzene rings is 3. The molecule has 0 bridgehead atoms. The van der Waals surface area contributed by atoms with Crippen LogP contribution in [0.5, 0.6) is 5.88 Å². The Morgan fingerprint density at radius 3 is 2.75 bits per heavy atom. The Bertz CT molecular complexity index is 2370. The molecule has 2 aromatic heterocycles. The van der Waals surface area contributed by atoms with Gasteiger partial charge in [-0.05, 0) is 91.4 Å². The molecule has 3 aliphatic heterocycles. The quantitative estimate of drug-likeness (QED) is 0.172. The number of hydrogen-bond donors (Lipinski definition) is 2. The van der Waals surface area contributed by atoms with Crippen LogP contribution in [0.4, 0.5) is 15.8 Å². The molecule has 5 heterocycles. The molecule has 11 nitrogen and oxygen atoms in total. The van der Waals surface area contributed by atoms with Gasteiger partial charge in [0.15, 0.2) is 0 Å². The number of pyridine rings is 1. The number of nitriles is 1. The number of carbonyl (C=O) groups excluding carboxylic acids is 2. The average molecular weight is 710 g/mol. The van der Waals surface area contributed by atoms with Gasteiger partial charge in [0.2, 0.25) is 11.8 Å². The Morgan fingerprint density at radius 1 is 1.11 bits per heavy atom. The third kappa shape index (κ3) is 6.32. The minimum Gasteiger partial charge on any atom is -0.473 e. The standard InChI is InChI=1S/C41H36FN7O4/c42-32-18-25(21-43)4-5-28(32)24-53-38-3-1-2-33(46-38)26-10-15-48(16-11-26)23-37-45-35-20-29(7-9-36(35)49(37)22-30-12-17-52-30)44-39(50)27-6-8-34-31(19-27)41(13-14-41)40(51)47-34/h1-10,18-20,30H,11-17,22-24H2,(H,44,50)(H,47,51)/t30-/m0/s1. The molecule has 3 aromatic carbocycles. The predicted molar refractivity (Wildman–Crippen MR) is 196 cm³/mol. The topological polar surface area (TPSA) is 134 Å². The zero-order valence-electron chi connectivity index (χ0n) is 28.9. The van der Waals surface area contributed by atoms with Gasteiger partial charge < -0.3 is 24.7 Å². The molecule has 2 amide bonds. The first kappa shape index (κ1) is 33.0. The van der Waals surface area contributed by atoms with E-state index in [0.717, 1.165) is 78.2 Å². The lowest BCUT2D eigenvalue weighted by Crippen LogP contribution is -2.33. The first-order valence-corrected chi connectivity index (χ1v) is 17.9. The van der Waals surface area contributed by atoms with Gasteiger partial charge >= 0.3 is 0 Å². The number of nitrogens with one attached hydrogen (secondary N) is 2. The van der Waals surface area contributed by atoms with E-state index in [2.05, 4.69) is 26.2 Å². The first-order chi connectivity index (χ1) is 25.8. The van der Waals surface area contributed by atoms with Crippen molar-refractivity contribution in [3.05, 3.63) is 118 Å². The maximum absolute atomic E-state index is 14.4. The molecule has 2 N–H and O–H groups in total. The Kier molecular flexibility index (Phi) is 8.25. The smallest absolute Gasteiger partial charge is 0.255 e. The van der Waals surface area contributed by atoms with Crippen molar-refractivity contribution in [1.29, 1.82) is 5.26 Å². The molecule has 1 atom stereocenters. The van der Waals surface area contributed by atoms with Gasteiger partial charge in [-0.15, -0.1) is 0 Å². The van der Waals surface area contributed by atoms with Crippen molar-refractivity contribution in [3.63, 3.8) is 0 Å². The Balaban J connectivity index is 0.885. The zero-order valence-corrected chi connectivity index (χ0v) is 28.9. The summed E-state index contributed by atoms with van der Waals surface area (Å²) in [4.78, 5) is 37.9. The van der Waals surface area contributed by atoms with Crippen LogP contribution in [0.3, 0.4) is 0 Å². The lowest BCUT2D eigenvalue weighted by Gasteiger charge is -2.29. The van der Waals surface area contributed by atoms with E-state index < -0.39 is 11.2 Å². The maximum Gasteiger partial charge on any atom is 0.255 e. The summed E-state index contributed by atoms with van der Waals surface area (Å²) in [5.74, 6) is 0.661.